The molecule has 1 aliphatic carbocycles. The lowest BCUT2D eigenvalue weighted by Crippen LogP contribution is -2.47. The Hall–Kier alpha value is -1.13. The van der Waals surface area contributed by atoms with E-state index < -0.39 is 0 Å². The molecule has 4 heteroatoms. The van der Waals surface area contributed by atoms with E-state index in [4.69, 9.17) is 4.74 Å². The number of aromatic nitrogens is 1. The number of morpholine rings is 1. The fourth-order valence-corrected chi connectivity index (χ4v) is 3.24. The normalized spacial score (nSPS) is 27.2. The molecule has 2 fully saturated rings. The van der Waals surface area contributed by atoms with Crippen molar-refractivity contribution in [3.05, 3.63) is 23.9 Å². The third-order valence-corrected chi connectivity index (χ3v) is 4.17. The first-order chi connectivity index (χ1) is 9.36. The van der Waals surface area contributed by atoms with Gasteiger partial charge in [0.25, 0.3) is 0 Å². The van der Waals surface area contributed by atoms with Gasteiger partial charge in [0, 0.05) is 31.9 Å². The number of nitrogens with zero attached hydrogens (tertiary/aromatic N) is 2. The lowest BCUT2D eigenvalue weighted by molar-refractivity contribution is -0.0588. The Bertz CT molecular complexity index is 406. The summed E-state index contributed by atoms with van der Waals surface area (Å²) in [6.45, 7) is 5.94. The van der Waals surface area contributed by atoms with Crippen LogP contribution in [0.2, 0.25) is 0 Å². The topological polar surface area (TPSA) is 37.4 Å². The van der Waals surface area contributed by atoms with Gasteiger partial charge in [-0.1, -0.05) is 6.07 Å². The molecule has 3 rings (SSSR count). The summed E-state index contributed by atoms with van der Waals surface area (Å²) in [7, 11) is 0. The molecule has 104 valence electrons. The van der Waals surface area contributed by atoms with E-state index in [2.05, 4.69) is 34.3 Å². The summed E-state index contributed by atoms with van der Waals surface area (Å²) >= 11 is 0. The molecule has 0 bridgehead atoms. The van der Waals surface area contributed by atoms with Crippen LogP contribution in [0.3, 0.4) is 0 Å². The second-order valence-electron chi connectivity index (χ2n) is 5.46. The summed E-state index contributed by atoms with van der Waals surface area (Å²) in [6.07, 6.45) is 6.30. The smallest absolute Gasteiger partial charge is 0.125 e. The Morgan fingerprint density at radius 3 is 3.16 bits per heavy atom. The van der Waals surface area contributed by atoms with Crippen LogP contribution in [0.5, 0.6) is 0 Å². The van der Waals surface area contributed by atoms with Crippen molar-refractivity contribution in [3.63, 3.8) is 0 Å². The summed E-state index contributed by atoms with van der Waals surface area (Å²) in [4.78, 5) is 7.02. The van der Waals surface area contributed by atoms with Crippen LogP contribution in [-0.4, -0.2) is 41.7 Å². The number of pyridine rings is 1. The van der Waals surface area contributed by atoms with Crippen molar-refractivity contribution in [2.24, 2.45) is 0 Å². The summed E-state index contributed by atoms with van der Waals surface area (Å²) < 4.78 is 5.85. The number of hydrogen-bond donors (Lipinski definition) is 1. The molecule has 2 atom stereocenters. The standard InChI is InChI=1S/C15H23N3O/c1-2-16-15-7-6-12(10-17-15)11-18-8-9-19-14-5-3-4-13(14)18/h6-7,10,13-14H,2-5,8-9,11H2,1H3,(H,16,17). The van der Waals surface area contributed by atoms with Gasteiger partial charge in [-0.15, -0.1) is 0 Å². The van der Waals surface area contributed by atoms with Crippen LogP contribution < -0.4 is 5.32 Å². The molecule has 0 radical (unpaired) electrons. The molecule has 1 aromatic rings. The minimum absolute atomic E-state index is 0.475. The molecule has 1 aromatic heterocycles. The maximum absolute atomic E-state index is 5.85. The fourth-order valence-electron chi connectivity index (χ4n) is 3.24. The Labute approximate surface area is 115 Å². The van der Waals surface area contributed by atoms with Gasteiger partial charge < -0.3 is 10.1 Å². The summed E-state index contributed by atoms with van der Waals surface area (Å²) in [6, 6.07) is 4.89. The third-order valence-electron chi connectivity index (χ3n) is 4.17. The molecule has 2 heterocycles. The van der Waals surface area contributed by atoms with Crippen molar-refractivity contribution in [1.29, 1.82) is 0 Å². The average molecular weight is 261 g/mol. The van der Waals surface area contributed by atoms with Gasteiger partial charge in [-0.3, -0.25) is 4.90 Å². The molecule has 4 nitrogen and oxygen atoms in total. The summed E-state index contributed by atoms with van der Waals surface area (Å²) in [5.41, 5.74) is 1.30. The Morgan fingerprint density at radius 1 is 1.42 bits per heavy atom. The number of ether oxygens (including phenoxy) is 1. The first-order valence-electron chi connectivity index (χ1n) is 7.41. The monoisotopic (exact) mass is 261 g/mol. The van der Waals surface area contributed by atoms with Crippen molar-refractivity contribution >= 4 is 5.82 Å². The maximum Gasteiger partial charge on any atom is 0.125 e. The second kappa shape index (κ2) is 5.88. The zero-order chi connectivity index (χ0) is 13.1. The van der Waals surface area contributed by atoms with Crippen LogP contribution in [0.1, 0.15) is 31.7 Å². The van der Waals surface area contributed by atoms with Gasteiger partial charge in [0.2, 0.25) is 0 Å². The molecule has 2 unspecified atom stereocenters. The minimum atomic E-state index is 0.475. The predicted molar refractivity (Wildman–Crippen MR) is 76.2 cm³/mol. The van der Waals surface area contributed by atoms with E-state index in [1.807, 2.05) is 6.20 Å². The minimum Gasteiger partial charge on any atom is -0.375 e. The van der Waals surface area contributed by atoms with Gasteiger partial charge in [-0.25, -0.2) is 4.98 Å². The van der Waals surface area contributed by atoms with Crippen LogP contribution in [0.25, 0.3) is 0 Å². The average Bonchev–Trinajstić information content (AvgIpc) is 2.91. The van der Waals surface area contributed by atoms with Crippen LogP contribution in [-0.2, 0) is 11.3 Å². The quantitative estimate of drug-likeness (QED) is 0.902. The maximum atomic E-state index is 5.85. The van der Waals surface area contributed by atoms with E-state index in [0.717, 1.165) is 32.1 Å². The van der Waals surface area contributed by atoms with E-state index in [1.165, 1.54) is 24.8 Å². The molecule has 0 aromatic carbocycles. The van der Waals surface area contributed by atoms with Crippen molar-refractivity contribution in [3.8, 4) is 0 Å². The van der Waals surface area contributed by atoms with E-state index in [1.54, 1.807) is 0 Å². The molecule has 1 N–H and O–H groups in total. The molecule has 1 saturated carbocycles. The van der Waals surface area contributed by atoms with Gasteiger partial charge in [0.05, 0.1) is 12.7 Å². The lowest BCUT2D eigenvalue weighted by Gasteiger charge is -2.37. The Balaban J connectivity index is 1.63. The highest BCUT2D eigenvalue weighted by atomic mass is 16.5. The Kier molecular flexibility index (Phi) is 3.99. The number of anilines is 1. The van der Waals surface area contributed by atoms with Gasteiger partial charge in [0.1, 0.15) is 5.82 Å². The summed E-state index contributed by atoms with van der Waals surface area (Å²) in [5, 5.41) is 3.23. The van der Waals surface area contributed by atoms with Crippen LogP contribution in [0.15, 0.2) is 18.3 Å². The fraction of sp³-hybridized carbons (Fsp3) is 0.667. The number of hydrogen-bond acceptors (Lipinski definition) is 4. The van der Waals surface area contributed by atoms with Crippen molar-refractivity contribution in [2.75, 3.05) is 25.0 Å². The van der Waals surface area contributed by atoms with Gasteiger partial charge in [0.15, 0.2) is 0 Å². The molecule has 0 spiro atoms. The molecule has 0 amide bonds. The first kappa shape index (κ1) is 12.9. The number of nitrogens with one attached hydrogen (secondary N) is 1. The van der Waals surface area contributed by atoms with E-state index in [-0.39, 0.29) is 0 Å². The molecular formula is C15H23N3O. The highest BCUT2D eigenvalue weighted by Gasteiger charge is 2.35. The summed E-state index contributed by atoms with van der Waals surface area (Å²) in [5.74, 6) is 0.965. The largest absolute Gasteiger partial charge is 0.375 e. The molecule has 2 aliphatic rings. The van der Waals surface area contributed by atoms with Crippen molar-refractivity contribution in [1.82, 2.24) is 9.88 Å². The molecular weight excluding hydrogens is 238 g/mol. The molecule has 1 aliphatic heterocycles. The van der Waals surface area contributed by atoms with Gasteiger partial charge in [-0.2, -0.15) is 0 Å². The van der Waals surface area contributed by atoms with E-state index >= 15 is 0 Å². The SMILES string of the molecule is CCNc1ccc(CN2CCOC3CCCC32)cn1. The van der Waals surface area contributed by atoms with Crippen molar-refractivity contribution in [2.45, 2.75) is 44.9 Å². The van der Waals surface area contributed by atoms with Gasteiger partial charge >= 0.3 is 0 Å². The first-order valence-corrected chi connectivity index (χ1v) is 7.41. The zero-order valence-electron chi connectivity index (χ0n) is 11.6. The number of fused-ring (bicyclic) bond motifs is 1. The van der Waals surface area contributed by atoms with Crippen molar-refractivity contribution < 1.29 is 4.74 Å². The van der Waals surface area contributed by atoms with E-state index in [9.17, 15) is 0 Å². The highest BCUT2D eigenvalue weighted by molar-refractivity contribution is 5.35. The predicted octanol–water partition coefficient (Wildman–Crippen LogP) is 2.27. The third kappa shape index (κ3) is 2.90. The Morgan fingerprint density at radius 2 is 2.37 bits per heavy atom. The van der Waals surface area contributed by atoms with Crippen LogP contribution in [0, 0.1) is 0 Å². The molecule has 1 saturated heterocycles. The zero-order valence-corrected chi connectivity index (χ0v) is 11.6. The van der Waals surface area contributed by atoms with Crippen LogP contribution >= 0.6 is 0 Å². The van der Waals surface area contributed by atoms with E-state index in [0.29, 0.717) is 12.1 Å². The van der Waals surface area contributed by atoms with Crippen LogP contribution in [0.4, 0.5) is 5.82 Å². The van der Waals surface area contributed by atoms with Gasteiger partial charge in [-0.05, 0) is 37.8 Å². The highest BCUT2D eigenvalue weighted by Crippen LogP contribution is 2.30. The second-order valence-corrected chi connectivity index (χ2v) is 5.46. The number of rotatable bonds is 4. The lowest BCUT2D eigenvalue weighted by atomic mass is 10.1. The molecule has 19 heavy (non-hydrogen) atoms.